The molecule has 1 spiro atoms. The van der Waals surface area contributed by atoms with Gasteiger partial charge in [-0.15, -0.1) is 0 Å². The number of hydrogen-bond acceptors (Lipinski definition) is 6. The Bertz CT molecular complexity index is 1140. The van der Waals surface area contributed by atoms with Crippen LogP contribution in [0.1, 0.15) is 29.5 Å². The minimum Gasteiger partial charge on any atom is -0.367 e. The van der Waals surface area contributed by atoms with E-state index in [1.165, 1.54) is 17.2 Å². The van der Waals surface area contributed by atoms with Gasteiger partial charge in [0.1, 0.15) is 23.6 Å². The molecule has 1 unspecified atom stereocenters. The summed E-state index contributed by atoms with van der Waals surface area (Å²) in [5.41, 5.74) is 4.23. The molecule has 184 valence electrons. The number of nitriles is 1. The molecule has 0 saturated carbocycles. The molecule has 8 heteroatoms. The van der Waals surface area contributed by atoms with Crippen LogP contribution in [0.4, 0.5) is 4.39 Å². The van der Waals surface area contributed by atoms with Crippen LogP contribution >= 0.6 is 0 Å². The number of ether oxygens (including phenoxy) is 2. The number of carbonyl (C=O) groups excluding carboxylic acids is 1. The summed E-state index contributed by atoms with van der Waals surface area (Å²) in [6, 6.07) is 12.5. The molecular weight excluding hydrogens is 447 g/mol. The van der Waals surface area contributed by atoms with Crippen molar-refractivity contribution >= 4 is 5.91 Å². The van der Waals surface area contributed by atoms with Gasteiger partial charge in [-0.25, -0.2) is 4.39 Å². The molecule has 7 nitrogen and oxygen atoms in total. The van der Waals surface area contributed by atoms with Crippen LogP contribution in [0.3, 0.4) is 0 Å². The van der Waals surface area contributed by atoms with Crippen LogP contribution in [-0.2, 0) is 32.9 Å². The maximum absolute atomic E-state index is 15.1. The summed E-state index contributed by atoms with van der Waals surface area (Å²) in [6.07, 6.45) is 1.23. The lowest BCUT2D eigenvalue weighted by Gasteiger charge is -2.24. The molecule has 0 aliphatic carbocycles. The molecule has 3 heterocycles. The average Bonchev–Trinajstić information content (AvgIpc) is 3.28. The Morgan fingerprint density at radius 1 is 1.34 bits per heavy atom. The van der Waals surface area contributed by atoms with E-state index < -0.39 is 18.0 Å². The SMILES string of the molecule is CN1CCC2(C1)OCc1ccc(-c3ccc(C[C@@H](C#N)NC(=O)[C@@H]4CNCCCO4)c(F)c3)cc12. The minimum absolute atomic E-state index is 0.0853. The summed E-state index contributed by atoms with van der Waals surface area (Å²) < 4.78 is 26.9. The second-order valence-corrected chi connectivity index (χ2v) is 9.76. The molecule has 3 aliphatic rings. The van der Waals surface area contributed by atoms with E-state index in [2.05, 4.69) is 40.8 Å². The predicted octanol–water partition coefficient (Wildman–Crippen LogP) is 2.48. The Morgan fingerprint density at radius 3 is 2.94 bits per heavy atom. The van der Waals surface area contributed by atoms with E-state index in [0.717, 1.165) is 43.6 Å². The molecule has 3 aliphatic heterocycles. The largest absolute Gasteiger partial charge is 0.367 e. The fraction of sp³-hybridized carbons (Fsp3) is 0.481. The van der Waals surface area contributed by atoms with Crippen molar-refractivity contribution in [1.82, 2.24) is 15.5 Å². The second-order valence-electron chi connectivity index (χ2n) is 9.76. The highest BCUT2D eigenvalue weighted by Crippen LogP contribution is 2.44. The maximum atomic E-state index is 15.1. The predicted molar refractivity (Wildman–Crippen MR) is 129 cm³/mol. The lowest BCUT2D eigenvalue weighted by molar-refractivity contribution is -0.132. The van der Waals surface area contributed by atoms with E-state index in [9.17, 15) is 10.1 Å². The molecule has 2 N–H and O–H groups in total. The van der Waals surface area contributed by atoms with Gasteiger partial charge < -0.3 is 25.0 Å². The lowest BCUT2D eigenvalue weighted by Crippen LogP contribution is -2.46. The van der Waals surface area contributed by atoms with Crippen molar-refractivity contribution in [1.29, 1.82) is 5.26 Å². The van der Waals surface area contributed by atoms with Crippen LogP contribution in [-0.4, -0.2) is 62.8 Å². The highest BCUT2D eigenvalue weighted by atomic mass is 19.1. The van der Waals surface area contributed by atoms with E-state index in [4.69, 9.17) is 9.47 Å². The van der Waals surface area contributed by atoms with Gasteiger partial charge in [0.2, 0.25) is 0 Å². The van der Waals surface area contributed by atoms with E-state index in [-0.39, 0.29) is 17.9 Å². The summed E-state index contributed by atoms with van der Waals surface area (Å²) in [5, 5.41) is 15.4. The van der Waals surface area contributed by atoms with Crippen LogP contribution in [0.5, 0.6) is 0 Å². The number of likely N-dealkylation sites (N-methyl/N-ethyl adjacent to an activating group) is 1. The van der Waals surface area contributed by atoms with Crippen LogP contribution < -0.4 is 10.6 Å². The first kappa shape index (κ1) is 23.9. The molecule has 0 bridgehead atoms. The Kier molecular flexibility index (Phi) is 6.85. The Labute approximate surface area is 205 Å². The number of likely N-dealkylation sites (tertiary alicyclic amines) is 1. The Balaban J connectivity index is 1.30. The standard InChI is InChI=1S/C27H31FN4O3/c1-32-9-7-27(17-32)23-12-18(4-6-21(23)16-35-27)19-3-5-20(24(28)13-19)11-22(14-29)31-26(33)25-15-30-8-2-10-34-25/h3-6,12-13,22,25,30H,2,7-11,15-17H2,1H3,(H,31,33)/t22-,25-,27?/m0/s1. The summed E-state index contributed by atoms with van der Waals surface area (Å²) in [4.78, 5) is 14.8. The summed E-state index contributed by atoms with van der Waals surface area (Å²) in [7, 11) is 2.10. The zero-order valence-corrected chi connectivity index (χ0v) is 20.0. The smallest absolute Gasteiger partial charge is 0.251 e. The minimum atomic E-state index is -0.842. The first-order chi connectivity index (χ1) is 17.0. The van der Waals surface area contributed by atoms with Gasteiger partial charge >= 0.3 is 0 Å². The normalized spacial score (nSPS) is 25.1. The zero-order chi connectivity index (χ0) is 24.4. The van der Waals surface area contributed by atoms with Crippen molar-refractivity contribution in [3.8, 4) is 17.2 Å². The van der Waals surface area contributed by atoms with E-state index in [0.29, 0.717) is 25.3 Å². The first-order valence-corrected chi connectivity index (χ1v) is 12.2. The highest BCUT2D eigenvalue weighted by Gasteiger charge is 2.44. The second kappa shape index (κ2) is 10.0. The molecule has 2 aromatic carbocycles. The van der Waals surface area contributed by atoms with Crippen molar-refractivity contribution in [3.05, 3.63) is 58.9 Å². The van der Waals surface area contributed by atoms with Gasteiger partial charge in [-0.05, 0) is 66.4 Å². The topological polar surface area (TPSA) is 86.6 Å². The Hall–Kier alpha value is -2.83. The fourth-order valence-electron chi connectivity index (χ4n) is 5.29. The number of fused-ring (bicyclic) bond motifs is 2. The van der Waals surface area contributed by atoms with Crippen LogP contribution in [0, 0.1) is 17.1 Å². The van der Waals surface area contributed by atoms with Crippen LogP contribution in [0.15, 0.2) is 36.4 Å². The molecule has 0 aromatic heterocycles. The third-order valence-corrected chi connectivity index (χ3v) is 7.25. The molecule has 2 saturated heterocycles. The molecule has 2 aromatic rings. The summed E-state index contributed by atoms with van der Waals surface area (Å²) >= 11 is 0. The summed E-state index contributed by atoms with van der Waals surface area (Å²) in [6.45, 7) is 4.15. The zero-order valence-electron chi connectivity index (χ0n) is 20.0. The van der Waals surface area contributed by atoms with E-state index in [1.54, 1.807) is 6.07 Å². The van der Waals surface area contributed by atoms with E-state index >= 15 is 4.39 Å². The number of hydrogen-bond donors (Lipinski definition) is 2. The molecular formula is C27H31FN4O3. The molecule has 0 radical (unpaired) electrons. The number of nitrogens with zero attached hydrogens (tertiary/aromatic N) is 2. The van der Waals surface area contributed by atoms with Gasteiger partial charge in [0.05, 0.1) is 12.7 Å². The third-order valence-electron chi connectivity index (χ3n) is 7.25. The van der Waals surface area contributed by atoms with Crippen molar-refractivity contribution in [2.45, 2.75) is 43.6 Å². The fourth-order valence-corrected chi connectivity index (χ4v) is 5.29. The van der Waals surface area contributed by atoms with Gasteiger partial charge in [-0.1, -0.05) is 24.3 Å². The third kappa shape index (κ3) is 4.95. The molecule has 5 rings (SSSR count). The summed E-state index contributed by atoms with van der Waals surface area (Å²) in [5.74, 6) is -0.744. The Morgan fingerprint density at radius 2 is 2.17 bits per heavy atom. The lowest BCUT2D eigenvalue weighted by atomic mass is 9.88. The van der Waals surface area contributed by atoms with Crippen molar-refractivity contribution < 1.29 is 18.7 Å². The van der Waals surface area contributed by atoms with E-state index in [1.807, 2.05) is 12.1 Å². The number of halogens is 1. The van der Waals surface area contributed by atoms with Gasteiger partial charge in [0.15, 0.2) is 0 Å². The molecule has 3 atom stereocenters. The number of amides is 1. The average molecular weight is 479 g/mol. The van der Waals surface area contributed by atoms with Gasteiger partial charge in [-0.3, -0.25) is 4.79 Å². The van der Waals surface area contributed by atoms with Crippen molar-refractivity contribution in [2.24, 2.45) is 0 Å². The van der Waals surface area contributed by atoms with Gasteiger partial charge in [0, 0.05) is 32.7 Å². The van der Waals surface area contributed by atoms with Crippen LogP contribution in [0.25, 0.3) is 11.1 Å². The van der Waals surface area contributed by atoms with Gasteiger partial charge in [-0.2, -0.15) is 5.26 Å². The number of nitrogens with one attached hydrogen (secondary N) is 2. The number of carbonyl (C=O) groups is 1. The maximum Gasteiger partial charge on any atom is 0.251 e. The number of rotatable bonds is 5. The van der Waals surface area contributed by atoms with Crippen LogP contribution in [0.2, 0.25) is 0 Å². The van der Waals surface area contributed by atoms with Crippen molar-refractivity contribution in [2.75, 3.05) is 39.8 Å². The molecule has 35 heavy (non-hydrogen) atoms. The monoisotopic (exact) mass is 478 g/mol. The highest BCUT2D eigenvalue weighted by molar-refractivity contribution is 5.81. The molecule has 1 amide bonds. The molecule has 2 fully saturated rings. The quantitative estimate of drug-likeness (QED) is 0.687. The van der Waals surface area contributed by atoms with Crippen molar-refractivity contribution in [3.63, 3.8) is 0 Å². The number of benzene rings is 2. The van der Waals surface area contributed by atoms with Gasteiger partial charge in [0.25, 0.3) is 5.91 Å². The first-order valence-electron chi connectivity index (χ1n) is 12.2.